The molecule has 0 bridgehead atoms. The van der Waals surface area contributed by atoms with Crippen molar-refractivity contribution in [3.8, 4) is 11.3 Å². The number of hydrogen-bond acceptors (Lipinski definition) is 4. The third-order valence-electron chi connectivity index (χ3n) is 4.02. The van der Waals surface area contributed by atoms with Crippen molar-refractivity contribution in [2.24, 2.45) is 0 Å². The minimum absolute atomic E-state index is 0.534. The molecule has 3 heterocycles. The number of hydrogen-bond donors (Lipinski definition) is 1. The molecule has 1 fully saturated rings. The summed E-state index contributed by atoms with van der Waals surface area (Å²) < 4.78 is 2.20. The maximum Gasteiger partial charge on any atom is 0.123 e. The molecule has 5 heteroatoms. The normalized spacial score (nSPS) is 17.4. The van der Waals surface area contributed by atoms with Crippen LogP contribution in [0.25, 0.3) is 11.3 Å². The van der Waals surface area contributed by atoms with Gasteiger partial charge < -0.3 is 10.3 Å². The summed E-state index contributed by atoms with van der Waals surface area (Å²) >= 11 is 0. The Kier molecular flexibility index (Phi) is 3.69. The van der Waals surface area contributed by atoms with Crippen LogP contribution in [0.3, 0.4) is 0 Å². The summed E-state index contributed by atoms with van der Waals surface area (Å²) in [6.45, 7) is 5.68. The van der Waals surface area contributed by atoms with E-state index in [1.54, 1.807) is 0 Å². The fraction of sp³-hybridized carbons (Fsp3) is 0.467. The van der Waals surface area contributed by atoms with Gasteiger partial charge in [-0.1, -0.05) is 0 Å². The summed E-state index contributed by atoms with van der Waals surface area (Å²) in [5.41, 5.74) is 7.80. The van der Waals surface area contributed by atoms with Crippen LogP contribution >= 0.6 is 0 Å². The summed E-state index contributed by atoms with van der Waals surface area (Å²) in [7, 11) is 0. The maximum atomic E-state index is 5.64. The molecular formula is C15H21N5. The molecule has 1 unspecified atom stereocenters. The summed E-state index contributed by atoms with van der Waals surface area (Å²) in [6, 6.07) is 4.36. The topological polar surface area (TPSA) is 60.0 Å². The van der Waals surface area contributed by atoms with Crippen LogP contribution in [0.5, 0.6) is 0 Å². The van der Waals surface area contributed by atoms with E-state index >= 15 is 0 Å². The van der Waals surface area contributed by atoms with Gasteiger partial charge in [0.2, 0.25) is 0 Å². The Morgan fingerprint density at radius 1 is 1.25 bits per heavy atom. The van der Waals surface area contributed by atoms with Gasteiger partial charge in [0, 0.05) is 24.3 Å². The van der Waals surface area contributed by atoms with Crippen LogP contribution in [0, 0.1) is 0 Å². The molecule has 0 amide bonds. The van der Waals surface area contributed by atoms with Crippen molar-refractivity contribution < 1.29 is 0 Å². The van der Waals surface area contributed by atoms with Crippen molar-refractivity contribution in [2.75, 3.05) is 18.8 Å². The lowest BCUT2D eigenvalue weighted by Gasteiger charge is -2.24. The Morgan fingerprint density at radius 3 is 2.75 bits per heavy atom. The lowest BCUT2D eigenvalue weighted by atomic mass is 10.2. The summed E-state index contributed by atoms with van der Waals surface area (Å²) in [5.74, 6) is 0.547. The van der Waals surface area contributed by atoms with Gasteiger partial charge in [-0.2, -0.15) is 0 Å². The highest BCUT2D eigenvalue weighted by atomic mass is 15.2. The first kappa shape index (κ1) is 13.1. The van der Waals surface area contributed by atoms with Gasteiger partial charge in [-0.15, -0.1) is 0 Å². The van der Waals surface area contributed by atoms with E-state index in [2.05, 4.69) is 26.4 Å². The Labute approximate surface area is 119 Å². The first-order chi connectivity index (χ1) is 9.74. The number of pyridine rings is 1. The van der Waals surface area contributed by atoms with Gasteiger partial charge in [-0.05, 0) is 45.0 Å². The lowest BCUT2D eigenvalue weighted by Crippen LogP contribution is -2.33. The predicted molar refractivity (Wildman–Crippen MR) is 80.1 cm³/mol. The fourth-order valence-corrected chi connectivity index (χ4v) is 2.85. The quantitative estimate of drug-likeness (QED) is 0.924. The first-order valence-corrected chi connectivity index (χ1v) is 7.20. The van der Waals surface area contributed by atoms with Gasteiger partial charge in [-0.25, -0.2) is 9.97 Å². The molecule has 2 aromatic rings. The predicted octanol–water partition coefficient (Wildman–Crippen LogP) is 2.01. The van der Waals surface area contributed by atoms with Gasteiger partial charge in [0.15, 0.2) is 0 Å². The number of nitrogens with zero attached hydrogens (tertiary/aromatic N) is 4. The average molecular weight is 271 g/mol. The standard InChI is InChI=1S/C15H21N5/c1-12(19-6-2-3-7-19)10-20-11-17-9-14(20)13-4-5-15(16)18-8-13/h4-5,8-9,11-12H,2-3,6-7,10H2,1H3,(H2,16,18). The molecule has 106 valence electrons. The third kappa shape index (κ3) is 2.67. The minimum atomic E-state index is 0.534. The van der Waals surface area contributed by atoms with Gasteiger partial charge in [0.25, 0.3) is 0 Å². The minimum Gasteiger partial charge on any atom is -0.384 e. The molecule has 2 aromatic heterocycles. The smallest absolute Gasteiger partial charge is 0.123 e. The number of likely N-dealkylation sites (tertiary alicyclic amines) is 1. The molecule has 2 N–H and O–H groups in total. The number of rotatable bonds is 4. The average Bonchev–Trinajstić information content (AvgIpc) is 3.10. The van der Waals surface area contributed by atoms with Crippen LogP contribution in [0.2, 0.25) is 0 Å². The summed E-state index contributed by atoms with van der Waals surface area (Å²) in [6.07, 6.45) is 8.25. The summed E-state index contributed by atoms with van der Waals surface area (Å²) in [5, 5.41) is 0. The van der Waals surface area contributed by atoms with E-state index in [0.717, 1.165) is 17.8 Å². The number of imidazole rings is 1. The maximum absolute atomic E-state index is 5.64. The monoisotopic (exact) mass is 271 g/mol. The van der Waals surface area contributed by atoms with E-state index in [-0.39, 0.29) is 0 Å². The zero-order valence-electron chi connectivity index (χ0n) is 11.9. The molecule has 3 rings (SSSR count). The molecule has 0 saturated carbocycles. The fourth-order valence-electron chi connectivity index (χ4n) is 2.85. The van der Waals surface area contributed by atoms with Gasteiger partial charge in [-0.3, -0.25) is 4.90 Å². The molecule has 0 spiro atoms. The third-order valence-corrected chi connectivity index (χ3v) is 4.02. The van der Waals surface area contributed by atoms with E-state index < -0.39 is 0 Å². The Bertz CT molecular complexity index is 554. The van der Waals surface area contributed by atoms with Gasteiger partial charge >= 0.3 is 0 Å². The number of nitrogen functional groups attached to an aromatic ring is 1. The van der Waals surface area contributed by atoms with E-state index in [9.17, 15) is 0 Å². The summed E-state index contributed by atoms with van der Waals surface area (Å²) in [4.78, 5) is 11.0. The van der Waals surface area contributed by atoms with E-state index in [0.29, 0.717) is 11.9 Å². The zero-order valence-corrected chi connectivity index (χ0v) is 11.9. The highest BCUT2D eigenvalue weighted by Crippen LogP contribution is 2.20. The lowest BCUT2D eigenvalue weighted by molar-refractivity contribution is 0.236. The van der Waals surface area contributed by atoms with Crippen molar-refractivity contribution in [3.05, 3.63) is 30.9 Å². The van der Waals surface area contributed by atoms with Crippen molar-refractivity contribution in [1.29, 1.82) is 0 Å². The van der Waals surface area contributed by atoms with E-state index in [1.165, 1.54) is 25.9 Å². The second-order valence-corrected chi connectivity index (χ2v) is 5.50. The zero-order chi connectivity index (χ0) is 13.9. The van der Waals surface area contributed by atoms with E-state index in [4.69, 9.17) is 5.73 Å². The number of aromatic nitrogens is 3. The molecule has 5 nitrogen and oxygen atoms in total. The molecule has 0 aromatic carbocycles. The van der Waals surface area contributed by atoms with Crippen molar-refractivity contribution in [2.45, 2.75) is 32.4 Å². The van der Waals surface area contributed by atoms with Crippen LogP contribution in [-0.4, -0.2) is 38.6 Å². The molecule has 0 aliphatic carbocycles. The molecule has 0 radical (unpaired) electrons. The molecular weight excluding hydrogens is 250 g/mol. The highest BCUT2D eigenvalue weighted by Gasteiger charge is 2.19. The van der Waals surface area contributed by atoms with Crippen LogP contribution in [0.15, 0.2) is 30.9 Å². The van der Waals surface area contributed by atoms with Gasteiger partial charge in [0.05, 0.1) is 18.2 Å². The second-order valence-electron chi connectivity index (χ2n) is 5.50. The highest BCUT2D eigenvalue weighted by molar-refractivity contribution is 5.59. The van der Waals surface area contributed by atoms with Gasteiger partial charge in [0.1, 0.15) is 5.82 Å². The van der Waals surface area contributed by atoms with Crippen LogP contribution in [0.4, 0.5) is 5.82 Å². The molecule has 1 atom stereocenters. The second kappa shape index (κ2) is 5.63. The number of nitrogens with two attached hydrogens (primary N) is 1. The Morgan fingerprint density at radius 2 is 2.05 bits per heavy atom. The molecule has 1 aliphatic rings. The van der Waals surface area contributed by atoms with Crippen LogP contribution < -0.4 is 5.73 Å². The molecule has 20 heavy (non-hydrogen) atoms. The van der Waals surface area contributed by atoms with E-state index in [1.807, 2.05) is 30.9 Å². The van der Waals surface area contributed by atoms with Crippen molar-refractivity contribution in [1.82, 2.24) is 19.4 Å². The van der Waals surface area contributed by atoms with Crippen molar-refractivity contribution in [3.63, 3.8) is 0 Å². The number of anilines is 1. The molecule has 1 saturated heterocycles. The molecule has 1 aliphatic heterocycles. The Balaban J connectivity index is 1.77. The largest absolute Gasteiger partial charge is 0.384 e. The van der Waals surface area contributed by atoms with Crippen molar-refractivity contribution >= 4 is 5.82 Å². The van der Waals surface area contributed by atoms with Crippen LogP contribution in [-0.2, 0) is 6.54 Å². The SMILES string of the molecule is CC(Cn1cncc1-c1ccc(N)nc1)N1CCCC1. The Hall–Kier alpha value is -1.88. The first-order valence-electron chi connectivity index (χ1n) is 7.20. The van der Waals surface area contributed by atoms with Crippen LogP contribution in [0.1, 0.15) is 19.8 Å².